The van der Waals surface area contributed by atoms with Crippen molar-refractivity contribution in [1.82, 2.24) is 9.88 Å². The third kappa shape index (κ3) is 4.38. The average Bonchev–Trinajstić information content (AvgIpc) is 2.24. The average molecular weight is 250 g/mol. The molecule has 0 atom stereocenters. The lowest BCUT2D eigenvalue weighted by molar-refractivity contribution is -0.136. The lowest BCUT2D eigenvalue weighted by Crippen LogP contribution is -2.31. The molecular weight excluding hydrogens is 240 g/mol. The van der Waals surface area contributed by atoms with Gasteiger partial charge >= 0.3 is 6.18 Å². The predicted molar refractivity (Wildman–Crippen MR) is 51.8 cm³/mol. The van der Waals surface area contributed by atoms with Crippen LogP contribution in [-0.2, 0) is 0 Å². The number of alkyl halides is 3. The molecule has 1 amide bonds. The number of aromatic nitrogens is 1. The monoisotopic (exact) mass is 250 g/mol. The van der Waals surface area contributed by atoms with Crippen molar-refractivity contribution < 1.29 is 22.4 Å². The second-order valence-electron chi connectivity index (χ2n) is 3.44. The molecule has 0 radical (unpaired) electrons. The second kappa shape index (κ2) is 5.11. The van der Waals surface area contributed by atoms with E-state index in [1.165, 1.54) is 19.2 Å². The lowest BCUT2D eigenvalue weighted by atomic mass is 10.3. The maximum absolute atomic E-state index is 12.7. The van der Waals surface area contributed by atoms with E-state index in [2.05, 4.69) is 4.98 Å². The van der Waals surface area contributed by atoms with Crippen molar-refractivity contribution in [2.45, 2.75) is 12.6 Å². The van der Waals surface area contributed by atoms with Crippen molar-refractivity contribution in [1.29, 1.82) is 0 Å². The van der Waals surface area contributed by atoms with Gasteiger partial charge in [0.15, 0.2) is 0 Å². The molecule has 94 valence electrons. The minimum absolute atomic E-state index is 0.213. The molecule has 0 aliphatic heterocycles. The lowest BCUT2D eigenvalue weighted by Gasteiger charge is -2.17. The normalized spacial score (nSPS) is 11.4. The van der Waals surface area contributed by atoms with E-state index in [9.17, 15) is 22.4 Å². The number of pyridine rings is 1. The van der Waals surface area contributed by atoms with Crippen LogP contribution in [0.4, 0.5) is 17.6 Å². The zero-order valence-electron chi connectivity index (χ0n) is 8.96. The predicted octanol–water partition coefficient (Wildman–Crippen LogP) is 2.25. The van der Waals surface area contributed by atoms with Crippen LogP contribution in [0.2, 0.25) is 0 Å². The van der Waals surface area contributed by atoms with Crippen molar-refractivity contribution in [2.75, 3.05) is 13.6 Å². The first-order valence-electron chi connectivity index (χ1n) is 4.74. The molecule has 0 N–H and O–H groups in total. The Bertz CT molecular complexity index is 406. The van der Waals surface area contributed by atoms with Crippen LogP contribution in [0.15, 0.2) is 18.2 Å². The number of carbonyl (C=O) groups is 1. The Morgan fingerprint density at radius 2 is 2.06 bits per heavy atom. The summed E-state index contributed by atoms with van der Waals surface area (Å²) in [5.41, 5.74) is -0.213. The molecule has 0 aromatic carbocycles. The number of hydrogen-bond donors (Lipinski definition) is 0. The summed E-state index contributed by atoms with van der Waals surface area (Å²) in [7, 11) is 1.21. The fraction of sp³-hybridized carbons (Fsp3) is 0.400. The molecule has 1 aromatic heterocycles. The topological polar surface area (TPSA) is 33.2 Å². The van der Waals surface area contributed by atoms with Crippen molar-refractivity contribution in [3.8, 4) is 0 Å². The number of hydrogen-bond acceptors (Lipinski definition) is 2. The molecule has 3 nitrogen and oxygen atoms in total. The van der Waals surface area contributed by atoms with E-state index in [1.54, 1.807) is 0 Å². The summed E-state index contributed by atoms with van der Waals surface area (Å²) >= 11 is 0. The van der Waals surface area contributed by atoms with Crippen LogP contribution in [0.25, 0.3) is 0 Å². The highest BCUT2D eigenvalue weighted by Gasteiger charge is 2.28. The fourth-order valence-electron chi connectivity index (χ4n) is 1.12. The molecule has 0 bridgehead atoms. The molecular formula is C10H10F4N2O. The molecule has 7 heteroatoms. The van der Waals surface area contributed by atoms with E-state index in [1.807, 2.05) is 0 Å². The van der Waals surface area contributed by atoms with Gasteiger partial charge in [-0.05, 0) is 12.1 Å². The van der Waals surface area contributed by atoms with Gasteiger partial charge < -0.3 is 4.90 Å². The molecule has 17 heavy (non-hydrogen) atoms. The maximum atomic E-state index is 12.7. The standard InChI is InChI=1S/C10H10F4N2O/c1-16(6-5-10(12,13)14)9(17)7-3-2-4-8(11)15-7/h2-4H,5-6H2,1H3. The Morgan fingerprint density at radius 3 is 2.59 bits per heavy atom. The van der Waals surface area contributed by atoms with Crippen molar-refractivity contribution in [2.24, 2.45) is 0 Å². The molecule has 1 aromatic rings. The molecule has 0 spiro atoms. The number of amides is 1. The maximum Gasteiger partial charge on any atom is 0.390 e. The smallest absolute Gasteiger partial charge is 0.340 e. The summed E-state index contributed by atoms with van der Waals surface area (Å²) in [5, 5.41) is 0. The minimum Gasteiger partial charge on any atom is -0.340 e. The van der Waals surface area contributed by atoms with Gasteiger partial charge in [0.05, 0.1) is 6.42 Å². The highest BCUT2D eigenvalue weighted by atomic mass is 19.4. The molecule has 0 unspecified atom stereocenters. The first kappa shape index (κ1) is 13.4. The Labute approximate surface area is 95.1 Å². The Balaban J connectivity index is 2.64. The van der Waals surface area contributed by atoms with Crippen LogP contribution in [0, 0.1) is 5.95 Å². The van der Waals surface area contributed by atoms with Crippen LogP contribution in [0.3, 0.4) is 0 Å². The highest BCUT2D eigenvalue weighted by Crippen LogP contribution is 2.19. The van der Waals surface area contributed by atoms with Gasteiger partial charge in [0.25, 0.3) is 5.91 Å². The largest absolute Gasteiger partial charge is 0.390 e. The van der Waals surface area contributed by atoms with E-state index in [0.29, 0.717) is 0 Å². The summed E-state index contributed by atoms with van der Waals surface area (Å²) in [5.74, 6) is -1.59. The van der Waals surface area contributed by atoms with Gasteiger partial charge in [0.1, 0.15) is 5.69 Å². The number of halogens is 4. The summed E-state index contributed by atoms with van der Waals surface area (Å²) in [6.07, 6.45) is -5.44. The number of carbonyl (C=O) groups excluding carboxylic acids is 1. The third-order valence-corrected chi connectivity index (χ3v) is 2.01. The SMILES string of the molecule is CN(CCC(F)(F)F)C(=O)c1cccc(F)n1. The number of nitrogens with zero attached hydrogens (tertiary/aromatic N) is 2. The Hall–Kier alpha value is -1.66. The van der Waals surface area contributed by atoms with E-state index >= 15 is 0 Å². The van der Waals surface area contributed by atoms with Crippen LogP contribution in [-0.4, -0.2) is 35.6 Å². The van der Waals surface area contributed by atoms with Gasteiger partial charge in [0.2, 0.25) is 5.95 Å². The van der Waals surface area contributed by atoms with Crippen LogP contribution >= 0.6 is 0 Å². The molecule has 0 aliphatic rings. The molecule has 1 heterocycles. The second-order valence-corrected chi connectivity index (χ2v) is 3.44. The van der Waals surface area contributed by atoms with Gasteiger partial charge in [0, 0.05) is 13.6 Å². The van der Waals surface area contributed by atoms with Gasteiger partial charge in [-0.25, -0.2) is 4.98 Å². The Morgan fingerprint density at radius 1 is 1.41 bits per heavy atom. The van der Waals surface area contributed by atoms with Crippen LogP contribution in [0.1, 0.15) is 16.9 Å². The fourth-order valence-corrected chi connectivity index (χ4v) is 1.12. The molecule has 1 rings (SSSR count). The van der Waals surface area contributed by atoms with Gasteiger partial charge in [-0.2, -0.15) is 17.6 Å². The first-order valence-corrected chi connectivity index (χ1v) is 4.74. The van der Waals surface area contributed by atoms with Crippen LogP contribution < -0.4 is 0 Å². The van der Waals surface area contributed by atoms with Crippen molar-refractivity contribution in [3.05, 3.63) is 29.8 Å². The Kier molecular flexibility index (Phi) is 4.03. The highest BCUT2D eigenvalue weighted by molar-refractivity contribution is 5.92. The van der Waals surface area contributed by atoms with Gasteiger partial charge in [-0.3, -0.25) is 4.79 Å². The number of rotatable bonds is 3. The molecule has 0 saturated heterocycles. The van der Waals surface area contributed by atoms with Gasteiger partial charge in [-0.15, -0.1) is 0 Å². The summed E-state index contributed by atoms with van der Waals surface area (Å²) in [4.78, 5) is 15.7. The van der Waals surface area contributed by atoms with Crippen molar-refractivity contribution in [3.63, 3.8) is 0 Å². The zero-order chi connectivity index (χ0) is 13.1. The van der Waals surface area contributed by atoms with Crippen molar-refractivity contribution >= 4 is 5.91 Å². The first-order chi connectivity index (χ1) is 7.79. The zero-order valence-corrected chi connectivity index (χ0v) is 8.96. The van der Waals surface area contributed by atoms with E-state index in [-0.39, 0.29) is 5.69 Å². The summed E-state index contributed by atoms with van der Waals surface area (Å²) in [6, 6.07) is 3.56. The van der Waals surface area contributed by atoms with E-state index < -0.39 is 31.0 Å². The molecule has 0 aliphatic carbocycles. The minimum atomic E-state index is -4.33. The summed E-state index contributed by atoms with van der Waals surface area (Å²) in [6.45, 7) is -0.486. The third-order valence-electron chi connectivity index (χ3n) is 2.01. The molecule has 0 fully saturated rings. The quantitative estimate of drug-likeness (QED) is 0.609. The molecule has 0 saturated carbocycles. The van der Waals surface area contributed by atoms with Gasteiger partial charge in [-0.1, -0.05) is 6.07 Å². The van der Waals surface area contributed by atoms with Crippen LogP contribution in [0.5, 0.6) is 0 Å². The van der Waals surface area contributed by atoms with E-state index in [4.69, 9.17) is 0 Å². The summed E-state index contributed by atoms with van der Waals surface area (Å²) < 4.78 is 48.5. The van der Waals surface area contributed by atoms with E-state index in [0.717, 1.165) is 11.0 Å².